The number of aromatic nitrogens is 2. The number of aryl methyl sites for hydroxylation is 1. The zero-order valence-corrected chi connectivity index (χ0v) is 10.8. The molecule has 2 aromatic rings. The molecule has 4 nitrogen and oxygen atoms in total. The molecular weight excluding hydrogens is 224 g/mol. The Labute approximate surface area is 107 Å². The summed E-state index contributed by atoms with van der Waals surface area (Å²) < 4.78 is 2.04. The van der Waals surface area contributed by atoms with Crippen molar-refractivity contribution in [2.45, 2.75) is 13.0 Å². The van der Waals surface area contributed by atoms with Gasteiger partial charge >= 0.3 is 0 Å². The van der Waals surface area contributed by atoms with E-state index in [0.717, 1.165) is 25.3 Å². The number of nitrogens with zero attached hydrogens (tertiary/aromatic N) is 3. The summed E-state index contributed by atoms with van der Waals surface area (Å²) in [5.74, 6) is 1.05. The van der Waals surface area contributed by atoms with Crippen molar-refractivity contribution in [1.29, 1.82) is 0 Å². The Balaban J connectivity index is 1.73. The third-order valence-corrected chi connectivity index (χ3v) is 3.58. The third-order valence-electron chi connectivity index (χ3n) is 3.58. The molecule has 18 heavy (non-hydrogen) atoms. The Kier molecular flexibility index (Phi) is 2.70. The fourth-order valence-electron chi connectivity index (χ4n) is 2.42. The van der Waals surface area contributed by atoms with Crippen molar-refractivity contribution in [3.05, 3.63) is 42.0 Å². The summed E-state index contributed by atoms with van der Waals surface area (Å²) in [6, 6.07) is 6.59. The number of hydrogen-bond donors (Lipinski definition) is 1. The number of rotatable bonds is 3. The van der Waals surface area contributed by atoms with Crippen LogP contribution in [0.1, 0.15) is 11.4 Å². The van der Waals surface area contributed by atoms with E-state index in [4.69, 9.17) is 0 Å². The van der Waals surface area contributed by atoms with Crippen LogP contribution in [-0.2, 0) is 20.0 Å². The van der Waals surface area contributed by atoms with Crippen LogP contribution in [0, 0.1) is 0 Å². The van der Waals surface area contributed by atoms with Gasteiger partial charge in [0.25, 0.3) is 0 Å². The van der Waals surface area contributed by atoms with E-state index in [1.807, 2.05) is 24.0 Å². The highest BCUT2D eigenvalue weighted by Gasteiger charge is 2.15. The Hall–Kier alpha value is -1.97. The van der Waals surface area contributed by atoms with Crippen LogP contribution >= 0.6 is 0 Å². The van der Waals surface area contributed by atoms with Gasteiger partial charge in [0.1, 0.15) is 5.82 Å². The van der Waals surface area contributed by atoms with Gasteiger partial charge < -0.3 is 14.8 Å². The minimum Gasteiger partial charge on any atom is -0.378 e. The first-order valence-electron chi connectivity index (χ1n) is 6.28. The van der Waals surface area contributed by atoms with Gasteiger partial charge in [0.05, 0.1) is 6.54 Å². The molecule has 0 bridgehead atoms. The van der Waals surface area contributed by atoms with Crippen molar-refractivity contribution in [3.8, 4) is 0 Å². The summed E-state index contributed by atoms with van der Waals surface area (Å²) in [5.41, 5.74) is 3.96. The van der Waals surface area contributed by atoms with Crippen LogP contribution in [0.3, 0.4) is 0 Å². The number of nitrogens with one attached hydrogen (secondary N) is 1. The number of imidazole rings is 1. The van der Waals surface area contributed by atoms with Gasteiger partial charge in [-0.05, 0) is 30.2 Å². The van der Waals surface area contributed by atoms with E-state index in [1.54, 1.807) is 0 Å². The van der Waals surface area contributed by atoms with E-state index in [2.05, 4.69) is 40.4 Å². The smallest absolute Gasteiger partial charge is 0.127 e. The fourth-order valence-corrected chi connectivity index (χ4v) is 2.42. The van der Waals surface area contributed by atoms with Gasteiger partial charge in [0.2, 0.25) is 0 Å². The largest absolute Gasteiger partial charge is 0.378 e. The normalized spacial score (nSPS) is 13.8. The van der Waals surface area contributed by atoms with Gasteiger partial charge in [0.15, 0.2) is 0 Å². The van der Waals surface area contributed by atoms with E-state index in [0.29, 0.717) is 0 Å². The SMILES string of the molecule is CN1CCc2cc(NCc3nccn3C)ccc21. The summed E-state index contributed by atoms with van der Waals surface area (Å²) in [6.45, 7) is 1.89. The summed E-state index contributed by atoms with van der Waals surface area (Å²) >= 11 is 0. The van der Waals surface area contributed by atoms with Crippen molar-refractivity contribution >= 4 is 11.4 Å². The van der Waals surface area contributed by atoms with Gasteiger partial charge in [-0.15, -0.1) is 0 Å². The molecule has 1 N–H and O–H groups in total. The number of likely N-dealkylation sites (N-methyl/N-ethyl adjacent to an activating group) is 1. The first-order chi connectivity index (χ1) is 8.74. The quantitative estimate of drug-likeness (QED) is 0.894. The Morgan fingerprint density at radius 3 is 3.00 bits per heavy atom. The third kappa shape index (κ3) is 1.94. The maximum absolute atomic E-state index is 4.31. The fraction of sp³-hybridized carbons (Fsp3) is 0.357. The van der Waals surface area contributed by atoms with Crippen LogP contribution in [-0.4, -0.2) is 23.1 Å². The van der Waals surface area contributed by atoms with Crippen molar-refractivity contribution in [2.24, 2.45) is 7.05 Å². The topological polar surface area (TPSA) is 33.1 Å². The molecule has 0 spiro atoms. The maximum Gasteiger partial charge on any atom is 0.127 e. The van der Waals surface area contributed by atoms with Crippen molar-refractivity contribution in [1.82, 2.24) is 9.55 Å². The summed E-state index contributed by atoms with van der Waals surface area (Å²) in [6.07, 6.45) is 4.94. The molecule has 0 radical (unpaired) electrons. The molecular formula is C14H18N4. The van der Waals surface area contributed by atoms with Crippen LogP contribution < -0.4 is 10.2 Å². The molecule has 0 amide bonds. The molecule has 0 atom stereocenters. The van der Waals surface area contributed by atoms with Crippen LogP contribution in [0.4, 0.5) is 11.4 Å². The lowest BCUT2D eigenvalue weighted by Crippen LogP contribution is -2.12. The molecule has 2 heterocycles. The molecule has 1 aromatic carbocycles. The second-order valence-electron chi connectivity index (χ2n) is 4.82. The first kappa shape index (κ1) is 11.1. The van der Waals surface area contributed by atoms with Crippen molar-refractivity contribution < 1.29 is 0 Å². The Morgan fingerprint density at radius 2 is 2.22 bits per heavy atom. The molecule has 3 rings (SSSR count). The zero-order valence-electron chi connectivity index (χ0n) is 10.8. The van der Waals surface area contributed by atoms with Gasteiger partial charge in [0, 0.05) is 44.4 Å². The Bertz CT molecular complexity index is 559. The minimum atomic E-state index is 0.762. The van der Waals surface area contributed by atoms with Crippen LogP contribution in [0.2, 0.25) is 0 Å². The lowest BCUT2D eigenvalue weighted by atomic mass is 10.1. The average Bonchev–Trinajstić information content (AvgIpc) is 2.94. The lowest BCUT2D eigenvalue weighted by Gasteiger charge is -2.13. The number of benzene rings is 1. The molecule has 94 valence electrons. The van der Waals surface area contributed by atoms with Gasteiger partial charge in [-0.2, -0.15) is 0 Å². The molecule has 0 fully saturated rings. The Morgan fingerprint density at radius 1 is 1.33 bits per heavy atom. The molecule has 0 aliphatic carbocycles. The van der Waals surface area contributed by atoms with E-state index in [9.17, 15) is 0 Å². The van der Waals surface area contributed by atoms with Gasteiger partial charge in [-0.3, -0.25) is 0 Å². The summed E-state index contributed by atoms with van der Waals surface area (Å²) in [4.78, 5) is 6.61. The highest BCUT2D eigenvalue weighted by atomic mass is 15.1. The van der Waals surface area contributed by atoms with Crippen LogP contribution in [0.25, 0.3) is 0 Å². The highest BCUT2D eigenvalue weighted by Crippen LogP contribution is 2.29. The summed E-state index contributed by atoms with van der Waals surface area (Å²) in [5, 5.41) is 3.43. The molecule has 0 saturated heterocycles. The number of fused-ring (bicyclic) bond motifs is 1. The maximum atomic E-state index is 4.31. The lowest BCUT2D eigenvalue weighted by molar-refractivity contribution is 0.813. The predicted octanol–water partition coefficient (Wildman–Crippen LogP) is 2.02. The van der Waals surface area contributed by atoms with Crippen LogP contribution in [0.5, 0.6) is 0 Å². The standard InChI is InChI=1S/C14H18N4/c1-17-7-5-11-9-12(3-4-13(11)17)16-10-14-15-6-8-18(14)2/h3-4,6,8-9,16H,5,7,10H2,1-2H3. The highest BCUT2D eigenvalue weighted by molar-refractivity contribution is 5.63. The van der Waals surface area contributed by atoms with Crippen LogP contribution in [0.15, 0.2) is 30.6 Å². The van der Waals surface area contributed by atoms with Gasteiger partial charge in [-0.1, -0.05) is 0 Å². The molecule has 1 aliphatic rings. The van der Waals surface area contributed by atoms with E-state index in [-0.39, 0.29) is 0 Å². The van der Waals surface area contributed by atoms with Gasteiger partial charge in [-0.25, -0.2) is 4.98 Å². The second-order valence-corrected chi connectivity index (χ2v) is 4.82. The molecule has 4 heteroatoms. The minimum absolute atomic E-state index is 0.762. The first-order valence-corrected chi connectivity index (χ1v) is 6.28. The molecule has 1 aliphatic heterocycles. The average molecular weight is 242 g/mol. The summed E-state index contributed by atoms with van der Waals surface area (Å²) in [7, 11) is 4.16. The van der Waals surface area contributed by atoms with E-state index in [1.165, 1.54) is 16.9 Å². The molecule has 0 saturated carbocycles. The predicted molar refractivity (Wildman–Crippen MR) is 74.0 cm³/mol. The van der Waals surface area contributed by atoms with Crippen molar-refractivity contribution in [3.63, 3.8) is 0 Å². The van der Waals surface area contributed by atoms with E-state index < -0.39 is 0 Å². The van der Waals surface area contributed by atoms with Crippen molar-refractivity contribution in [2.75, 3.05) is 23.8 Å². The number of hydrogen-bond acceptors (Lipinski definition) is 3. The second kappa shape index (κ2) is 4.37. The number of anilines is 2. The molecule has 1 aromatic heterocycles. The zero-order chi connectivity index (χ0) is 12.5. The van der Waals surface area contributed by atoms with E-state index >= 15 is 0 Å². The monoisotopic (exact) mass is 242 g/mol. The molecule has 0 unspecified atom stereocenters.